The van der Waals surface area contributed by atoms with Gasteiger partial charge in [-0.15, -0.1) is 0 Å². The molecule has 5 nitrogen and oxygen atoms in total. The fourth-order valence-electron chi connectivity index (χ4n) is 1.28. The number of amides is 1. The molecule has 0 saturated carbocycles. The van der Waals surface area contributed by atoms with Gasteiger partial charge in [-0.2, -0.15) is 0 Å². The van der Waals surface area contributed by atoms with E-state index in [2.05, 4.69) is 5.32 Å². The van der Waals surface area contributed by atoms with Crippen molar-refractivity contribution in [1.29, 1.82) is 0 Å². The molecule has 1 aromatic carbocycles. The maximum absolute atomic E-state index is 11.4. The zero-order valence-electron chi connectivity index (χ0n) is 9.94. The third-order valence-corrected chi connectivity index (χ3v) is 1.92. The first-order valence-electron chi connectivity index (χ1n) is 5.56. The topological polar surface area (TPSA) is 73.6 Å². The zero-order valence-corrected chi connectivity index (χ0v) is 9.94. The Morgan fingerprint density at radius 1 is 1.47 bits per heavy atom. The van der Waals surface area contributed by atoms with E-state index in [1.165, 1.54) is 0 Å². The number of carbonyl (C=O) groups is 1. The van der Waals surface area contributed by atoms with Gasteiger partial charge < -0.3 is 20.5 Å². The molecular formula is C12H18N2O3. The maximum atomic E-state index is 11.4. The predicted octanol–water partition coefficient (Wildman–Crippen LogP) is 0.999. The first-order chi connectivity index (χ1) is 8.26. The Hall–Kier alpha value is -1.59. The van der Waals surface area contributed by atoms with E-state index in [9.17, 15) is 4.79 Å². The van der Waals surface area contributed by atoms with Gasteiger partial charge in [-0.3, -0.25) is 4.79 Å². The number of nitrogens with one attached hydrogen (secondary N) is 1. The Bertz CT molecular complexity index is 355. The molecular weight excluding hydrogens is 220 g/mol. The van der Waals surface area contributed by atoms with Crippen molar-refractivity contribution in [1.82, 2.24) is 0 Å². The van der Waals surface area contributed by atoms with Crippen molar-refractivity contribution >= 4 is 11.6 Å². The second kappa shape index (κ2) is 7.65. The fraction of sp³-hybridized carbons (Fsp3) is 0.417. The van der Waals surface area contributed by atoms with Gasteiger partial charge in [0.15, 0.2) is 0 Å². The smallest absolute Gasteiger partial charge is 0.250 e. The second-order valence-corrected chi connectivity index (χ2v) is 3.35. The number of ether oxygens (including phenoxy) is 2. The van der Waals surface area contributed by atoms with E-state index < -0.39 is 0 Å². The third kappa shape index (κ3) is 5.33. The minimum atomic E-state index is -0.202. The summed E-state index contributed by atoms with van der Waals surface area (Å²) in [5.41, 5.74) is 5.94. The van der Waals surface area contributed by atoms with Gasteiger partial charge >= 0.3 is 0 Å². The summed E-state index contributed by atoms with van der Waals surface area (Å²) >= 11 is 0. The molecule has 0 aromatic heterocycles. The Balaban J connectivity index is 2.44. The van der Waals surface area contributed by atoms with Crippen LogP contribution < -0.4 is 15.8 Å². The van der Waals surface area contributed by atoms with E-state index in [4.69, 9.17) is 15.2 Å². The molecule has 3 N–H and O–H groups in total. The summed E-state index contributed by atoms with van der Waals surface area (Å²) in [7, 11) is 0. The van der Waals surface area contributed by atoms with Crippen LogP contribution in [0.3, 0.4) is 0 Å². The van der Waals surface area contributed by atoms with Crippen LogP contribution in [0.25, 0.3) is 0 Å². The highest BCUT2D eigenvalue weighted by atomic mass is 16.5. The summed E-state index contributed by atoms with van der Waals surface area (Å²) in [6, 6.07) is 7.22. The highest BCUT2D eigenvalue weighted by Gasteiger charge is 2.03. The molecule has 0 atom stereocenters. The predicted molar refractivity (Wildman–Crippen MR) is 66.1 cm³/mol. The molecule has 5 heteroatoms. The summed E-state index contributed by atoms with van der Waals surface area (Å²) in [5.74, 6) is 0.528. The molecule has 0 saturated heterocycles. The molecule has 0 bridgehead atoms. The van der Waals surface area contributed by atoms with Crippen molar-refractivity contribution < 1.29 is 14.3 Å². The number of anilines is 1. The molecule has 0 unspecified atom stereocenters. The number of carbonyl (C=O) groups excluding carboxylic acids is 1. The van der Waals surface area contributed by atoms with Crippen LogP contribution in [0.1, 0.15) is 6.92 Å². The lowest BCUT2D eigenvalue weighted by Crippen LogP contribution is -2.20. The molecule has 0 aliphatic rings. The average Bonchev–Trinajstić information content (AvgIpc) is 2.30. The van der Waals surface area contributed by atoms with Crippen LogP contribution in [-0.4, -0.2) is 32.3 Å². The largest absolute Gasteiger partial charge is 0.494 e. The Morgan fingerprint density at radius 3 is 3.00 bits per heavy atom. The van der Waals surface area contributed by atoms with E-state index in [0.29, 0.717) is 25.4 Å². The van der Waals surface area contributed by atoms with Crippen molar-refractivity contribution in [2.45, 2.75) is 6.92 Å². The van der Waals surface area contributed by atoms with Crippen LogP contribution in [-0.2, 0) is 9.53 Å². The summed E-state index contributed by atoms with van der Waals surface area (Å²) in [5, 5.41) is 2.71. The van der Waals surface area contributed by atoms with Gasteiger partial charge in [-0.25, -0.2) is 0 Å². The Labute approximate surface area is 101 Å². The summed E-state index contributed by atoms with van der Waals surface area (Å²) < 4.78 is 10.4. The lowest BCUT2D eigenvalue weighted by Gasteiger charge is -2.08. The molecule has 0 spiro atoms. The van der Waals surface area contributed by atoms with E-state index in [1.54, 1.807) is 12.1 Å². The highest BCUT2D eigenvalue weighted by molar-refractivity contribution is 5.91. The van der Waals surface area contributed by atoms with Crippen molar-refractivity contribution in [3.05, 3.63) is 24.3 Å². The van der Waals surface area contributed by atoms with Crippen LogP contribution in [0.4, 0.5) is 5.69 Å². The van der Waals surface area contributed by atoms with Crippen LogP contribution in [0, 0.1) is 0 Å². The minimum absolute atomic E-state index is 0.00998. The van der Waals surface area contributed by atoms with Crippen molar-refractivity contribution in [3.63, 3.8) is 0 Å². The standard InChI is InChI=1S/C12H18N2O3/c1-2-17-11-5-3-4-10(8-11)14-12(15)9-16-7-6-13/h3-5,8H,2,6-7,9,13H2,1H3,(H,14,15). The number of nitrogens with two attached hydrogens (primary N) is 1. The number of rotatable bonds is 7. The number of benzene rings is 1. The molecule has 1 aromatic rings. The van der Waals surface area contributed by atoms with E-state index in [0.717, 1.165) is 5.75 Å². The monoisotopic (exact) mass is 238 g/mol. The lowest BCUT2D eigenvalue weighted by atomic mass is 10.3. The van der Waals surface area contributed by atoms with Gasteiger partial charge in [0.25, 0.3) is 0 Å². The van der Waals surface area contributed by atoms with Gasteiger partial charge in [0.2, 0.25) is 5.91 Å². The average molecular weight is 238 g/mol. The quantitative estimate of drug-likeness (QED) is 0.695. The zero-order chi connectivity index (χ0) is 12.5. The van der Waals surface area contributed by atoms with Crippen molar-refractivity contribution in [2.75, 3.05) is 31.7 Å². The first-order valence-corrected chi connectivity index (χ1v) is 5.56. The van der Waals surface area contributed by atoms with E-state index >= 15 is 0 Å². The molecule has 0 fully saturated rings. The van der Waals surface area contributed by atoms with E-state index in [1.807, 2.05) is 19.1 Å². The van der Waals surface area contributed by atoms with Crippen LogP contribution in [0.2, 0.25) is 0 Å². The van der Waals surface area contributed by atoms with Crippen LogP contribution in [0.5, 0.6) is 5.75 Å². The van der Waals surface area contributed by atoms with Gasteiger partial charge in [0.05, 0.1) is 13.2 Å². The van der Waals surface area contributed by atoms with E-state index in [-0.39, 0.29) is 12.5 Å². The molecule has 1 rings (SSSR count). The Morgan fingerprint density at radius 2 is 2.29 bits per heavy atom. The molecule has 1 amide bonds. The molecule has 0 aliphatic carbocycles. The SMILES string of the molecule is CCOc1cccc(NC(=O)COCCN)c1. The van der Waals surface area contributed by atoms with Crippen molar-refractivity contribution in [2.24, 2.45) is 5.73 Å². The summed E-state index contributed by atoms with van der Waals surface area (Å²) in [6.45, 7) is 3.30. The first kappa shape index (κ1) is 13.5. The summed E-state index contributed by atoms with van der Waals surface area (Å²) in [6.07, 6.45) is 0. The van der Waals surface area contributed by atoms with Gasteiger partial charge in [0.1, 0.15) is 12.4 Å². The fourth-order valence-corrected chi connectivity index (χ4v) is 1.28. The molecule has 0 radical (unpaired) electrons. The van der Waals surface area contributed by atoms with Crippen molar-refractivity contribution in [3.8, 4) is 5.75 Å². The Kier molecular flexibility index (Phi) is 6.06. The molecule has 0 aliphatic heterocycles. The number of hydrogen-bond donors (Lipinski definition) is 2. The second-order valence-electron chi connectivity index (χ2n) is 3.35. The normalized spacial score (nSPS) is 10.0. The van der Waals surface area contributed by atoms with Gasteiger partial charge in [-0.1, -0.05) is 6.07 Å². The van der Waals surface area contributed by atoms with Crippen LogP contribution >= 0.6 is 0 Å². The highest BCUT2D eigenvalue weighted by Crippen LogP contribution is 2.16. The lowest BCUT2D eigenvalue weighted by molar-refractivity contribution is -0.120. The number of hydrogen-bond acceptors (Lipinski definition) is 4. The minimum Gasteiger partial charge on any atom is -0.494 e. The van der Waals surface area contributed by atoms with Gasteiger partial charge in [-0.05, 0) is 19.1 Å². The van der Waals surface area contributed by atoms with Gasteiger partial charge in [0, 0.05) is 18.3 Å². The summed E-state index contributed by atoms with van der Waals surface area (Å²) in [4.78, 5) is 11.4. The molecule has 17 heavy (non-hydrogen) atoms. The third-order valence-electron chi connectivity index (χ3n) is 1.92. The molecule has 94 valence electrons. The van der Waals surface area contributed by atoms with Crippen LogP contribution in [0.15, 0.2) is 24.3 Å². The molecule has 0 heterocycles. The maximum Gasteiger partial charge on any atom is 0.250 e.